The lowest BCUT2D eigenvalue weighted by atomic mass is 10.3. The van der Waals surface area contributed by atoms with E-state index < -0.39 is 5.97 Å². The highest BCUT2D eigenvalue weighted by Crippen LogP contribution is 2.23. The molecule has 0 aromatic carbocycles. The number of carbonyl (C=O) groups excluding carboxylic acids is 2. The second kappa shape index (κ2) is 6.69. The maximum atomic E-state index is 11.9. The quantitative estimate of drug-likeness (QED) is 0.808. The van der Waals surface area contributed by atoms with Gasteiger partial charge >= 0.3 is 12.0 Å². The van der Waals surface area contributed by atoms with Crippen molar-refractivity contribution < 1.29 is 14.3 Å². The number of esters is 1. The van der Waals surface area contributed by atoms with Gasteiger partial charge < -0.3 is 9.64 Å². The molecule has 2 rings (SSSR count). The van der Waals surface area contributed by atoms with Gasteiger partial charge in [-0.1, -0.05) is 0 Å². The number of hydrazine groups is 1. The Morgan fingerprint density at radius 3 is 2.65 bits per heavy atom. The Morgan fingerprint density at radius 2 is 2.00 bits per heavy atom. The van der Waals surface area contributed by atoms with Crippen LogP contribution in [0.1, 0.15) is 10.4 Å². The average molecular weight is 298 g/mol. The molecule has 0 spiro atoms. The van der Waals surface area contributed by atoms with Crippen LogP contribution in [0.4, 0.5) is 9.80 Å². The van der Waals surface area contributed by atoms with E-state index >= 15 is 0 Å². The molecular weight excluding hydrogens is 280 g/mol. The van der Waals surface area contributed by atoms with Crippen LogP contribution in [0.5, 0.6) is 0 Å². The molecule has 20 heavy (non-hydrogen) atoms. The summed E-state index contributed by atoms with van der Waals surface area (Å²) in [5.41, 5.74) is 3.14. The third-order valence-electron chi connectivity index (χ3n) is 3.06. The summed E-state index contributed by atoms with van der Waals surface area (Å²) >= 11 is 1.28. The van der Waals surface area contributed by atoms with Crippen LogP contribution < -0.4 is 10.7 Å². The third kappa shape index (κ3) is 3.69. The number of urea groups is 1. The van der Waals surface area contributed by atoms with E-state index in [0.29, 0.717) is 10.6 Å². The van der Waals surface area contributed by atoms with Gasteiger partial charge in [0.15, 0.2) is 0 Å². The standard InChI is InChI=1S/C12H18N4O3S/c1-15-4-6-16(7-5-15)14-12(18)13-10-9(3-8-20-10)11(17)19-2/h3,8H,4-7H2,1-2H3,(H2,13,14,18). The van der Waals surface area contributed by atoms with Gasteiger partial charge in [-0.25, -0.2) is 14.6 Å². The van der Waals surface area contributed by atoms with Gasteiger partial charge in [0.05, 0.1) is 12.7 Å². The van der Waals surface area contributed by atoms with E-state index in [0.717, 1.165) is 26.2 Å². The van der Waals surface area contributed by atoms with Gasteiger partial charge in [-0.2, -0.15) is 0 Å². The predicted molar refractivity (Wildman–Crippen MR) is 76.9 cm³/mol. The van der Waals surface area contributed by atoms with Crippen molar-refractivity contribution in [1.29, 1.82) is 0 Å². The van der Waals surface area contributed by atoms with Crippen molar-refractivity contribution in [1.82, 2.24) is 15.3 Å². The van der Waals surface area contributed by atoms with Crippen molar-refractivity contribution >= 4 is 28.3 Å². The van der Waals surface area contributed by atoms with Crippen molar-refractivity contribution in [3.63, 3.8) is 0 Å². The van der Waals surface area contributed by atoms with Crippen LogP contribution in [0.25, 0.3) is 0 Å². The van der Waals surface area contributed by atoms with Crippen LogP contribution in [-0.2, 0) is 4.74 Å². The van der Waals surface area contributed by atoms with E-state index in [1.165, 1.54) is 18.4 Å². The summed E-state index contributed by atoms with van der Waals surface area (Å²) in [6.07, 6.45) is 0. The van der Waals surface area contributed by atoms with E-state index in [4.69, 9.17) is 0 Å². The van der Waals surface area contributed by atoms with Crippen LogP contribution in [0.3, 0.4) is 0 Å². The summed E-state index contributed by atoms with van der Waals surface area (Å²) in [7, 11) is 3.36. The van der Waals surface area contributed by atoms with Gasteiger partial charge in [-0.05, 0) is 18.5 Å². The van der Waals surface area contributed by atoms with Gasteiger partial charge in [-0.3, -0.25) is 10.7 Å². The molecule has 0 radical (unpaired) electrons. The van der Waals surface area contributed by atoms with Gasteiger partial charge in [0.2, 0.25) is 0 Å². The smallest absolute Gasteiger partial charge is 0.340 e. The largest absolute Gasteiger partial charge is 0.465 e. The number of methoxy groups -OCH3 is 1. The van der Waals surface area contributed by atoms with Crippen LogP contribution in [-0.4, -0.2) is 62.2 Å². The van der Waals surface area contributed by atoms with Crippen LogP contribution in [0, 0.1) is 0 Å². The molecule has 2 N–H and O–H groups in total. The minimum Gasteiger partial charge on any atom is -0.465 e. The van der Waals surface area contributed by atoms with Gasteiger partial charge in [0, 0.05) is 26.2 Å². The van der Waals surface area contributed by atoms with E-state index in [9.17, 15) is 9.59 Å². The molecule has 0 aliphatic carbocycles. The number of anilines is 1. The molecule has 1 aliphatic rings. The van der Waals surface area contributed by atoms with Crippen molar-refractivity contribution in [2.75, 3.05) is 45.7 Å². The first-order chi connectivity index (χ1) is 9.60. The summed E-state index contributed by atoms with van der Waals surface area (Å²) in [5.74, 6) is -0.457. The Kier molecular flexibility index (Phi) is 4.94. The fraction of sp³-hybridized carbons (Fsp3) is 0.500. The number of rotatable bonds is 3. The number of hydrogen-bond donors (Lipinski definition) is 2. The zero-order valence-corrected chi connectivity index (χ0v) is 12.3. The Labute approximate surface area is 121 Å². The molecular formula is C12H18N4O3S. The minimum absolute atomic E-state index is 0.345. The van der Waals surface area contributed by atoms with Crippen molar-refractivity contribution in [2.24, 2.45) is 0 Å². The second-order valence-corrected chi connectivity index (χ2v) is 5.43. The molecule has 0 unspecified atom stereocenters. The molecule has 7 nitrogen and oxygen atoms in total. The number of amides is 2. The predicted octanol–water partition coefficient (Wildman–Crippen LogP) is 0.819. The molecule has 0 saturated carbocycles. The molecule has 1 saturated heterocycles. The third-order valence-corrected chi connectivity index (χ3v) is 3.89. The molecule has 1 fully saturated rings. The van der Waals surface area contributed by atoms with Crippen LogP contribution in [0.2, 0.25) is 0 Å². The normalized spacial score (nSPS) is 16.7. The fourth-order valence-electron chi connectivity index (χ4n) is 1.87. The summed E-state index contributed by atoms with van der Waals surface area (Å²) in [6, 6.07) is 1.28. The summed E-state index contributed by atoms with van der Waals surface area (Å²) in [4.78, 5) is 25.6. The summed E-state index contributed by atoms with van der Waals surface area (Å²) in [5, 5.41) is 6.76. The molecule has 2 heterocycles. The number of thiophene rings is 1. The monoisotopic (exact) mass is 298 g/mol. The molecule has 110 valence electrons. The summed E-state index contributed by atoms with van der Waals surface area (Å²) < 4.78 is 4.66. The number of ether oxygens (including phenoxy) is 1. The van der Waals surface area contributed by atoms with Crippen LogP contribution in [0.15, 0.2) is 11.4 Å². The maximum absolute atomic E-state index is 11.9. The second-order valence-electron chi connectivity index (χ2n) is 4.51. The number of carbonyl (C=O) groups is 2. The Morgan fingerprint density at radius 1 is 1.30 bits per heavy atom. The van der Waals surface area contributed by atoms with Crippen molar-refractivity contribution in [2.45, 2.75) is 0 Å². The number of nitrogens with zero attached hydrogens (tertiary/aromatic N) is 2. The van der Waals surface area contributed by atoms with E-state index in [-0.39, 0.29) is 6.03 Å². The first-order valence-electron chi connectivity index (χ1n) is 6.27. The molecule has 2 amide bonds. The van der Waals surface area contributed by atoms with Gasteiger partial charge in [0.25, 0.3) is 0 Å². The zero-order chi connectivity index (χ0) is 14.5. The Hall–Kier alpha value is -1.64. The Balaban J connectivity index is 1.88. The molecule has 8 heteroatoms. The molecule has 0 bridgehead atoms. The molecule has 0 atom stereocenters. The highest BCUT2D eigenvalue weighted by Gasteiger charge is 2.18. The maximum Gasteiger partial charge on any atom is 0.340 e. The SMILES string of the molecule is COC(=O)c1ccsc1NC(=O)NN1CCN(C)CC1. The molecule has 1 aromatic rings. The number of hydrogen-bond acceptors (Lipinski definition) is 6. The fourth-order valence-corrected chi connectivity index (χ4v) is 2.64. The highest BCUT2D eigenvalue weighted by molar-refractivity contribution is 7.14. The lowest BCUT2D eigenvalue weighted by molar-refractivity contribution is 0.0602. The van der Waals surface area contributed by atoms with E-state index in [2.05, 4.69) is 20.4 Å². The zero-order valence-electron chi connectivity index (χ0n) is 11.5. The highest BCUT2D eigenvalue weighted by atomic mass is 32.1. The van der Waals surface area contributed by atoms with E-state index in [1.807, 2.05) is 12.1 Å². The molecule has 1 aromatic heterocycles. The number of nitrogens with one attached hydrogen (secondary N) is 2. The minimum atomic E-state index is -0.457. The van der Waals surface area contributed by atoms with Gasteiger partial charge in [-0.15, -0.1) is 11.3 Å². The lowest BCUT2D eigenvalue weighted by Crippen LogP contribution is -2.53. The van der Waals surface area contributed by atoms with Crippen LogP contribution >= 0.6 is 11.3 Å². The first-order valence-corrected chi connectivity index (χ1v) is 7.15. The van der Waals surface area contributed by atoms with Crippen molar-refractivity contribution in [3.05, 3.63) is 17.0 Å². The lowest BCUT2D eigenvalue weighted by Gasteiger charge is -2.32. The van der Waals surface area contributed by atoms with E-state index in [1.54, 1.807) is 11.4 Å². The first kappa shape index (κ1) is 14.8. The topological polar surface area (TPSA) is 73.9 Å². The number of piperazine rings is 1. The van der Waals surface area contributed by atoms with Gasteiger partial charge in [0.1, 0.15) is 5.00 Å². The number of likely N-dealkylation sites (N-methyl/N-ethyl adjacent to an activating group) is 1. The molecule has 1 aliphatic heterocycles. The van der Waals surface area contributed by atoms with Crippen molar-refractivity contribution in [3.8, 4) is 0 Å². The summed E-state index contributed by atoms with van der Waals surface area (Å²) in [6.45, 7) is 3.37. The Bertz CT molecular complexity index is 483. The average Bonchev–Trinajstić information content (AvgIpc) is 2.88.